The molecule has 0 aromatic heterocycles. The van der Waals surface area contributed by atoms with Crippen LogP contribution in [0, 0.1) is 0 Å². The predicted molar refractivity (Wildman–Crippen MR) is 44.0 cm³/mol. The Labute approximate surface area is 76.1 Å². The van der Waals surface area contributed by atoms with Gasteiger partial charge in [-0.2, -0.15) is 0 Å². The molecule has 0 bridgehead atoms. The first-order chi connectivity index (χ1) is 6.03. The quantitative estimate of drug-likeness (QED) is 0.623. The zero-order valence-electron chi connectivity index (χ0n) is 7.61. The molecule has 0 amide bonds. The standard InChI is InChI=1S/C9H12O4/c1-9(2)12-6-3-5(4-10)7(11)8(6)13-9/h3,6,8,10H,4H2,1-2H3/t6-,8-/m1/s1. The molecule has 0 saturated carbocycles. The van der Waals surface area contributed by atoms with Crippen LogP contribution in [0.2, 0.25) is 0 Å². The lowest BCUT2D eigenvalue weighted by Crippen LogP contribution is -2.27. The van der Waals surface area contributed by atoms with Gasteiger partial charge in [-0.3, -0.25) is 4.79 Å². The summed E-state index contributed by atoms with van der Waals surface area (Å²) in [5, 5.41) is 8.82. The second-order valence-corrected chi connectivity index (χ2v) is 3.74. The van der Waals surface area contributed by atoms with Crippen LogP contribution >= 0.6 is 0 Å². The largest absolute Gasteiger partial charge is 0.392 e. The molecule has 1 aliphatic heterocycles. The second kappa shape index (κ2) is 2.64. The predicted octanol–water partition coefficient (Wildman–Crippen LogP) is 0.00790. The summed E-state index contributed by atoms with van der Waals surface area (Å²) in [4.78, 5) is 11.5. The second-order valence-electron chi connectivity index (χ2n) is 3.74. The maximum atomic E-state index is 11.5. The SMILES string of the molecule is CC1(C)O[C@@H]2C=C(CO)C(=O)[C@@H]2O1. The molecule has 2 atom stereocenters. The summed E-state index contributed by atoms with van der Waals surface area (Å²) in [7, 11) is 0. The van der Waals surface area contributed by atoms with Gasteiger partial charge in [0, 0.05) is 5.57 Å². The first kappa shape index (κ1) is 8.87. The third kappa shape index (κ3) is 1.31. The molecule has 13 heavy (non-hydrogen) atoms. The first-order valence-corrected chi connectivity index (χ1v) is 4.25. The number of carbonyl (C=O) groups excluding carboxylic acids is 1. The molecule has 1 aliphatic carbocycles. The normalized spacial score (nSPS) is 36.2. The van der Waals surface area contributed by atoms with Gasteiger partial charge in [0.05, 0.1) is 6.61 Å². The number of ether oxygens (including phenoxy) is 2. The van der Waals surface area contributed by atoms with Crippen molar-refractivity contribution in [3.05, 3.63) is 11.6 Å². The van der Waals surface area contributed by atoms with E-state index in [9.17, 15) is 4.79 Å². The van der Waals surface area contributed by atoms with Crippen LogP contribution in [0.25, 0.3) is 0 Å². The van der Waals surface area contributed by atoms with E-state index in [4.69, 9.17) is 14.6 Å². The number of carbonyl (C=O) groups is 1. The number of hydrogen-bond acceptors (Lipinski definition) is 4. The van der Waals surface area contributed by atoms with E-state index in [0.717, 1.165) is 0 Å². The lowest BCUT2D eigenvalue weighted by molar-refractivity contribution is -0.153. The summed E-state index contributed by atoms with van der Waals surface area (Å²) in [6, 6.07) is 0. The van der Waals surface area contributed by atoms with Crippen LogP contribution in [-0.2, 0) is 14.3 Å². The Balaban J connectivity index is 2.21. The molecule has 0 radical (unpaired) electrons. The monoisotopic (exact) mass is 184 g/mol. The smallest absolute Gasteiger partial charge is 0.192 e. The Kier molecular flexibility index (Phi) is 1.80. The highest BCUT2D eigenvalue weighted by atomic mass is 16.8. The maximum Gasteiger partial charge on any atom is 0.192 e. The van der Waals surface area contributed by atoms with E-state index in [1.165, 1.54) is 0 Å². The first-order valence-electron chi connectivity index (χ1n) is 4.25. The molecule has 1 N–H and O–H groups in total. The number of hydrogen-bond donors (Lipinski definition) is 1. The van der Waals surface area contributed by atoms with Crippen molar-refractivity contribution in [1.29, 1.82) is 0 Å². The molecular weight excluding hydrogens is 172 g/mol. The Hall–Kier alpha value is -0.710. The van der Waals surface area contributed by atoms with Gasteiger partial charge in [-0.15, -0.1) is 0 Å². The fourth-order valence-corrected chi connectivity index (χ4v) is 1.71. The molecular formula is C9H12O4. The molecule has 0 spiro atoms. The molecule has 2 rings (SSSR count). The van der Waals surface area contributed by atoms with Crippen molar-refractivity contribution in [2.45, 2.75) is 31.8 Å². The molecule has 4 nitrogen and oxygen atoms in total. The van der Waals surface area contributed by atoms with Gasteiger partial charge in [-0.05, 0) is 19.9 Å². The number of rotatable bonds is 1. The van der Waals surface area contributed by atoms with Gasteiger partial charge in [0.15, 0.2) is 17.7 Å². The summed E-state index contributed by atoms with van der Waals surface area (Å²) in [6.07, 6.45) is 0.781. The zero-order valence-corrected chi connectivity index (χ0v) is 7.61. The highest BCUT2D eigenvalue weighted by Crippen LogP contribution is 2.34. The fraction of sp³-hybridized carbons (Fsp3) is 0.667. The zero-order chi connectivity index (χ0) is 9.64. The summed E-state index contributed by atoms with van der Waals surface area (Å²) in [6.45, 7) is 3.30. The minimum Gasteiger partial charge on any atom is -0.392 e. The van der Waals surface area contributed by atoms with Crippen molar-refractivity contribution in [2.24, 2.45) is 0 Å². The Morgan fingerprint density at radius 1 is 1.54 bits per heavy atom. The number of fused-ring (bicyclic) bond motifs is 1. The summed E-state index contributed by atoms with van der Waals surface area (Å²) in [5.41, 5.74) is 0.394. The Morgan fingerprint density at radius 2 is 2.23 bits per heavy atom. The van der Waals surface area contributed by atoms with Gasteiger partial charge in [0.1, 0.15) is 6.10 Å². The third-order valence-electron chi connectivity index (χ3n) is 2.24. The van der Waals surface area contributed by atoms with E-state index in [2.05, 4.69) is 0 Å². The third-order valence-corrected chi connectivity index (χ3v) is 2.24. The van der Waals surface area contributed by atoms with Gasteiger partial charge in [-0.25, -0.2) is 0 Å². The van der Waals surface area contributed by atoms with Gasteiger partial charge >= 0.3 is 0 Å². The molecule has 72 valence electrons. The van der Waals surface area contributed by atoms with Crippen molar-refractivity contribution in [2.75, 3.05) is 6.61 Å². The van der Waals surface area contributed by atoms with Crippen LogP contribution in [0.1, 0.15) is 13.8 Å². The average molecular weight is 184 g/mol. The molecule has 0 aromatic rings. The summed E-state index contributed by atoms with van der Waals surface area (Å²) in [5.74, 6) is -0.847. The van der Waals surface area contributed by atoms with Gasteiger partial charge in [-0.1, -0.05) is 0 Å². The van der Waals surface area contributed by atoms with E-state index >= 15 is 0 Å². The molecule has 1 saturated heterocycles. The fourth-order valence-electron chi connectivity index (χ4n) is 1.71. The Bertz CT molecular complexity index is 279. The summed E-state index contributed by atoms with van der Waals surface area (Å²) >= 11 is 0. The number of aliphatic hydroxyl groups is 1. The van der Waals surface area contributed by atoms with Crippen LogP contribution in [0.15, 0.2) is 11.6 Å². The molecule has 1 heterocycles. The van der Waals surface area contributed by atoms with Crippen LogP contribution in [-0.4, -0.2) is 35.5 Å². The van der Waals surface area contributed by atoms with Gasteiger partial charge < -0.3 is 14.6 Å². The number of ketones is 1. The molecule has 0 aromatic carbocycles. The molecule has 4 heteroatoms. The molecule has 2 aliphatic rings. The van der Waals surface area contributed by atoms with Crippen molar-refractivity contribution >= 4 is 5.78 Å². The Morgan fingerprint density at radius 3 is 2.77 bits per heavy atom. The van der Waals surface area contributed by atoms with Crippen molar-refractivity contribution < 1.29 is 19.4 Å². The molecule has 1 fully saturated rings. The highest BCUT2D eigenvalue weighted by molar-refractivity contribution is 6.02. The van der Waals surface area contributed by atoms with E-state index in [1.807, 2.05) is 0 Å². The van der Waals surface area contributed by atoms with E-state index < -0.39 is 11.9 Å². The van der Waals surface area contributed by atoms with Crippen molar-refractivity contribution in [1.82, 2.24) is 0 Å². The van der Waals surface area contributed by atoms with Gasteiger partial charge in [0.25, 0.3) is 0 Å². The lowest BCUT2D eigenvalue weighted by atomic mass is 10.2. The maximum absolute atomic E-state index is 11.5. The highest BCUT2D eigenvalue weighted by Gasteiger charge is 2.48. The molecule has 0 unspecified atom stereocenters. The number of aliphatic hydroxyl groups excluding tert-OH is 1. The van der Waals surface area contributed by atoms with Crippen LogP contribution in [0.4, 0.5) is 0 Å². The van der Waals surface area contributed by atoms with E-state index in [1.54, 1.807) is 19.9 Å². The minimum atomic E-state index is -0.692. The van der Waals surface area contributed by atoms with E-state index in [-0.39, 0.29) is 18.5 Å². The van der Waals surface area contributed by atoms with Crippen LogP contribution in [0.5, 0.6) is 0 Å². The topological polar surface area (TPSA) is 55.8 Å². The van der Waals surface area contributed by atoms with E-state index in [0.29, 0.717) is 5.57 Å². The van der Waals surface area contributed by atoms with Crippen LogP contribution in [0.3, 0.4) is 0 Å². The van der Waals surface area contributed by atoms with Crippen molar-refractivity contribution in [3.63, 3.8) is 0 Å². The minimum absolute atomic E-state index is 0.155. The average Bonchev–Trinajstić information content (AvgIpc) is 2.47. The number of Topliss-reactive ketones (excluding diaryl/α,β-unsaturated/α-hetero) is 1. The van der Waals surface area contributed by atoms with Crippen molar-refractivity contribution in [3.8, 4) is 0 Å². The van der Waals surface area contributed by atoms with Gasteiger partial charge in [0.2, 0.25) is 0 Å². The van der Waals surface area contributed by atoms with Crippen LogP contribution < -0.4 is 0 Å². The lowest BCUT2D eigenvalue weighted by Gasteiger charge is -2.17. The summed E-state index contributed by atoms with van der Waals surface area (Å²) < 4.78 is 10.8.